The van der Waals surface area contributed by atoms with E-state index in [-0.39, 0.29) is 12.3 Å². The largest absolute Gasteiger partial charge is 0.421 e. The quantitative estimate of drug-likeness (QED) is 0.640. The molecule has 0 aromatic rings. The average Bonchev–Trinajstić information content (AvgIpc) is 2.22. The smallest absolute Gasteiger partial charge is 0.311 e. The number of amides is 1. The fourth-order valence-corrected chi connectivity index (χ4v) is 1.50. The number of cyclic esters (lactones) is 1. The van der Waals surface area contributed by atoms with Crippen molar-refractivity contribution in [3.05, 3.63) is 0 Å². The molecule has 0 bridgehead atoms. The summed E-state index contributed by atoms with van der Waals surface area (Å²) in [6.07, 6.45) is 0.00333. The summed E-state index contributed by atoms with van der Waals surface area (Å²) in [4.78, 5) is 32.7. The molecule has 0 aromatic heterocycles. The molecule has 15 heavy (non-hydrogen) atoms. The Balaban J connectivity index is 2.79. The molecule has 0 aliphatic carbocycles. The summed E-state index contributed by atoms with van der Waals surface area (Å²) in [7, 11) is 0. The molecule has 84 valence electrons. The third-order valence-corrected chi connectivity index (χ3v) is 2.04. The number of carbonyl (C=O) groups excluding carboxylic acids is 3. The van der Waals surface area contributed by atoms with Gasteiger partial charge in [0, 0.05) is 20.8 Å². The first-order chi connectivity index (χ1) is 6.83. The van der Waals surface area contributed by atoms with Crippen LogP contribution in [0.25, 0.3) is 0 Å². The number of ether oxygens (including phenoxy) is 2. The lowest BCUT2D eigenvalue weighted by Gasteiger charge is -2.28. The Morgan fingerprint density at radius 2 is 2.13 bits per heavy atom. The van der Waals surface area contributed by atoms with Gasteiger partial charge in [-0.3, -0.25) is 14.4 Å². The van der Waals surface area contributed by atoms with Gasteiger partial charge in [0.2, 0.25) is 5.91 Å². The zero-order valence-electron chi connectivity index (χ0n) is 8.83. The second-order valence-electron chi connectivity index (χ2n) is 3.54. The molecule has 6 nitrogen and oxygen atoms in total. The maximum absolute atomic E-state index is 11.1. The Morgan fingerprint density at radius 1 is 1.53 bits per heavy atom. The van der Waals surface area contributed by atoms with Crippen molar-refractivity contribution in [1.29, 1.82) is 0 Å². The number of hydrogen-bond acceptors (Lipinski definition) is 5. The molecule has 2 atom stereocenters. The highest BCUT2D eigenvalue weighted by Crippen LogP contribution is 2.28. The number of rotatable bonds is 2. The van der Waals surface area contributed by atoms with Crippen LogP contribution in [0.1, 0.15) is 27.2 Å². The van der Waals surface area contributed by atoms with E-state index < -0.39 is 23.8 Å². The average molecular weight is 215 g/mol. The lowest BCUT2D eigenvalue weighted by atomic mass is 10.1. The van der Waals surface area contributed by atoms with Crippen molar-refractivity contribution < 1.29 is 23.9 Å². The van der Waals surface area contributed by atoms with E-state index in [1.165, 1.54) is 20.8 Å². The van der Waals surface area contributed by atoms with Crippen molar-refractivity contribution >= 4 is 17.8 Å². The lowest BCUT2D eigenvalue weighted by Crippen LogP contribution is -2.49. The van der Waals surface area contributed by atoms with Gasteiger partial charge in [0.05, 0.1) is 6.42 Å². The monoisotopic (exact) mass is 215 g/mol. The summed E-state index contributed by atoms with van der Waals surface area (Å²) in [6.45, 7) is 3.97. The Morgan fingerprint density at radius 3 is 2.60 bits per heavy atom. The molecule has 1 aliphatic heterocycles. The van der Waals surface area contributed by atoms with Crippen LogP contribution in [0.5, 0.6) is 0 Å². The summed E-state index contributed by atoms with van der Waals surface area (Å²) >= 11 is 0. The fraction of sp³-hybridized carbons (Fsp3) is 0.667. The van der Waals surface area contributed by atoms with Crippen LogP contribution in [-0.2, 0) is 23.9 Å². The molecule has 0 radical (unpaired) electrons. The van der Waals surface area contributed by atoms with Crippen molar-refractivity contribution in [3.8, 4) is 0 Å². The lowest BCUT2D eigenvalue weighted by molar-refractivity contribution is -0.211. The first-order valence-electron chi connectivity index (χ1n) is 4.52. The van der Waals surface area contributed by atoms with E-state index in [1.54, 1.807) is 0 Å². The molecule has 2 unspecified atom stereocenters. The van der Waals surface area contributed by atoms with Crippen molar-refractivity contribution in [2.24, 2.45) is 0 Å². The first-order valence-corrected chi connectivity index (χ1v) is 4.52. The van der Waals surface area contributed by atoms with E-state index in [0.717, 1.165) is 0 Å². The van der Waals surface area contributed by atoms with Gasteiger partial charge in [0.25, 0.3) is 5.79 Å². The maximum Gasteiger partial charge on any atom is 0.311 e. The minimum atomic E-state index is -1.39. The van der Waals surface area contributed by atoms with Gasteiger partial charge in [-0.1, -0.05) is 0 Å². The molecule has 0 aromatic carbocycles. The van der Waals surface area contributed by atoms with E-state index in [4.69, 9.17) is 9.47 Å². The highest BCUT2D eigenvalue weighted by molar-refractivity contribution is 5.78. The normalized spacial score (nSPS) is 29.5. The van der Waals surface area contributed by atoms with Crippen LogP contribution >= 0.6 is 0 Å². The van der Waals surface area contributed by atoms with Gasteiger partial charge in [-0.05, 0) is 0 Å². The van der Waals surface area contributed by atoms with Gasteiger partial charge >= 0.3 is 11.9 Å². The Bertz CT molecular complexity index is 314. The Kier molecular flexibility index (Phi) is 2.97. The maximum atomic E-state index is 11.1. The van der Waals surface area contributed by atoms with E-state index in [1.807, 2.05) is 0 Å². The second kappa shape index (κ2) is 3.88. The number of carbonyl (C=O) groups is 3. The topological polar surface area (TPSA) is 81.7 Å². The van der Waals surface area contributed by atoms with Crippen LogP contribution in [0.2, 0.25) is 0 Å². The molecule has 1 heterocycles. The Labute approximate surface area is 86.9 Å². The second-order valence-corrected chi connectivity index (χ2v) is 3.54. The van der Waals surface area contributed by atoms with Crippen molar-refractivity contribution in [2.45, 2.75) is 39.0 Å². The van der Waals surface area contributed by atoms with Gasteiger partial charge in [-0.25, -0.2) is 0 Å². The van der Waals surface area contributed by atoms with Gasteiger partial charge in [0.1, 0.15) is 6.04 Å². The number of esters is 2. The van der Waals surface area contributed by atoms with Crippen LogP contribution < -0.4 is 5.32 Å². The van der Waals surface area contributed by atoms with Gasteiger partial charge in [-0.2, -0.15) is 0 Å². The molecule has 1 rings (SSSR count). The highest BCUT2D eigenvalue weighted by atomic mass is 16.7. The summed E-state index contributed by atoms with van der Waals surface area (Å²) in [5.74, 6) is -2.77. The minimum absolute atomic E-state index is 0.00333. The van der Waals surface area contributed by atoms with Gasteiger partial charge in [0.15, 0.2) is 0 Å². The molecule has 1 amide bonds. The molecule has 0 spiro atoms. The van der Waals surface area contributed by atoms with Crippen LogP contribution in [0.4, 0.5) is 0 Å². The molecule has 1 fully saturated rings. The molecule has 1 saturated heterocycles. The van der Waals surface area contributed by atoms with Gasteiger partial charge < -0.3 is 14.8 Å². The van der Waals surface area contributed by atoms with Crippen molar-refractivity contribution in [3.63, 3.8) is 0 Å². The molecule has 1 N–H and O–H groups in total. The van der Waals surface area contributed by atoms with E-state index in [2.05, 4.69) is 5.32 Å². The fourth-order valence-electron chi connectivity index (χ4n) is 1.50. The van der Waals surface area contributed by atoms with E-state index in [9.17, 15) is 14.4 Å². The molecule has 1 aliphatic rings. The highest BCUT2D eigenvalue weighted by Gasteiger charge is 2.49. The number of nitrogens with one attached hydrogen (secondary N) is 1. The van der Waals surface area contributed by atoms with E-state index in [0.29, 0.717) is 0 Å². The van der Waals surface area contributed by atoms with Crippen molar-refractivity contribution in [1.82, 2.24) is 5.32 Å². The molecular formula is C9H13NO5. The van der Waals surface area contributed by atoms with Crippen LogP contribution in [0.15, 0.2) is 0 Å². The van der Waals surface area contributed by atoms with Crippen LogP contribution in [0.3, 0.4) is 0 Å². The summed E-state index contributed by atoms with van der Waals surface area (Å²) < 4.78 is 9.76. The zero-order chi connectivity index (χ0) is 11.6. The third kappa shape index (κ3) is 2.68. The van der Waals surface area contributed by atoms with Crippen LogP contribution in [0, 0.1) is 0 Å². The summed E-state index contributed by atoms with van der Waals surface area (Å²) in [6, 6.07) is -0.633. The molecule has 0 saturated carbocycles. The molecular weight excluding hydrogens is 202 g/mol. The summed E-state index contributed by atoms with van der Waals surface area (Å²) in [5.41, 5.74) is 0. The summed E-state index contributed by atoms with van der Waals surface area (Å²) in [5, 5.41) is 2.51. The first kappa shape index (κ1) is 11.5. The minimum Gasteiger partial charge on any atom is -0.421 e. The zero-order valence-corrected chi connectivity index (χ0v) is 8.83. The Hall–Kier alpha value is -1.59. The number of hydrogen-bond donors (Lipinski definition) is 1. The van der Waals surface area contributed by atoms with Crippen molar-refractivity contribution in [2.75, 3.05) is 0 Å². The predicted octanol–water partition coefficient (Wildman–Crippen LogP) is -0.283. The predicted molar refractivity (Wildman–Crippen MR) is 48.5 cm³/mol. The standard InChI is InChI=1S/C9H13NO5/c1-5(11)10-7-4-8(13)15-9(7,3)14-6(2)12/h7H,4H2,1-3H3,(H,10,11). The molecule has 6 heteroatoms. The third-order valence-electron chi connectivity index (χ3n) is 2.04. The van der Waals surface area contributed by atoms with Gasteiger partial charge in [-0.15, -0.1) is 0 Å². The van der Waals surface area contributed by atoms with Crippen LogP contribution in [-0.4, -0.2) is 29.7 Å². The van der Waals surface area contributed by atoms with E-state index >= 15 is 0 Å². The SMILES string of the molecule is CC(=O)NC1CC(=O)OC1(C)OC(C)=O.